The molecule has 0 saturated carbocycles. The Hall–Kier alpha value is -3.05. The number of nitrogens with one attached hydrogen (secondary N) is 2. The highest BCUT2D eigenvalue weighted by Gasteiger charge is 2.15. The lowest BCUT2D eigenvalue weighted by Crippen LogP contribution is -2.41. The van der Waals surface area contributed by atoms with E-state index in [1.165, 1.54) is 7.11 Å². The number of amides is 2. The van der Waals surface area contributed by atoms with Gasteiger partial charge in [-0.05, 0) is 47.2 Å². The SMILES string of the molecule is COc1cc2ccccc2cc1C(=O)NNC(=O)c1ccc(Cl)cc1. The summed E-state index contributed by atoms with van der Waals surface area (Å²) < 4.78 is 5.29. The minimum absolute atomic E-state index is 0.331. The molecule has 0 heterocycles. The summed E-state index contributed by atoms with van der Waals surface area (Å²) in [6.45, 7) is 0. The van der Waals surface area contributed by atoms with Crippen LogP contribution in [0, 0.1) is 0 Å². The van der Waals surface area contributed by atoms with Gasteiger partial charge in [-0.3, -0.25) is 20.4 Å². The predicted molar refractivity (Wildman–Crippen MR) is 96.9 cm³/mol. The highest BCUT2D eigenvalue weighted by molar-refractivity contribution is 6.30. The smallest absolute Gasteiger partial charge is 0.273 e. The number of fused-ring (bicyclic) bond motifs is 1. The molecule has 0 atom stereocenters. The second-order valence-corrected chi connectivity index (χ2v) is 5.75. The second-order valence-electron chi connectivity index (χ2n) is 5.31. The maximum Gasteiger partial charge on any atom is 0.273 e. The highest BCUT2D eigenvalue weighted by atomic mass is 35.5. The zero-order valence-corrected chi connectivity index (χ0v) is 14.1. The number of hydrogen-bond donors (Lipinski definition) is 2. The fourth-order valence-corrected chi connectivity index (χ4v) is 2.55. The van der Waals surface area contributed by atoms with Gasteiger partial charge in [-0.2, -0.15) is 0 Å². The van der Waals surface area contributed by atoms with Gasteiger partial charge in [0.2, 0.25) is 0 Å². The molecule has 25 heavy (non-hydrogen) atoms. The molecule has 0 saturated heterocycles. The molecule has 3 aromatic rings. The number of carbonyl (C=O) groups excluding carboxylic acids is 2. The fourth-order valence-electron chi connectivity index (χ4n) is 2.42. The standard InChI is InChI=1S/C19H15ClN2O3/c1-25-17-11-14-5-3-2-4-13(14)10-16(17)19(24)22-21-18(23)12-6-8-15(20)9-7-12/h2-11H,1H3,(H,21,23)(H,22,24). The van der Waals surface area contributed by atoms with Crippen LogP contribution in [0.1, 0.15) is 20.7 Å². The summed E-state index contributed by atoms with van der Waals surface area (Å²) in [6.07, 6.45) is 0. The van der Waals surface area contributed by atoms with Crippen LogP contribution in [0.4, 0.5) is 0 Å². The van der Waals surface area contributed by atoms with Gasteiger partial charge in [0.05, 0.1) is 12.7 Å². The number of hydrazine groups is 1. The maximum atomic E-state index is 12.4. The Labute approximate surface area is 149 Å². The zero-order chi connectivity index (χ0) is 17.8. The van der Waals surface area contributed by atoms with Gasteiger partial charge in [0.25, 0.3) is 11.8 Å². The van der Waals surface area contributed by atoms with Crippen molar-refractivity contribution >= 4 is 34.2 Å². The first-order chi connectivity index (χ1) is 12.1. The van der Waals surface area contributed by atoms with E-state index < -0.39 is 11.8 Å². The van der Waals surface area contributed by atoms with Crippen molar-refractivity contribution in [3.05, 3.63) is 76.8 Å². The van der Waals surface area contributed by atoms with Gasteiger partial charge in [-0.1, -0.05) is 35.9 Å². The lowest BCUT2D eigenvalue weighted by molar-refractivity contribution is 0.0845. The van der Waals surface area contributed by atoms with Crippen LogP contribution in [-0.2, 0) is 0 Å². The van der Waals surface area contributed by atoms with Crippen molar-refractivity contribution in [3.63, 3.8) is 0 Å². The zero-order valence-electron chi connectivity index (χ0n) is 13.4. The van der Waals surface area contributed by atoms with Crippen molar-refractivity contribution in [1.29, 1.82) is 0 Å². The number of carbonyl (C=O) groups is 2. The molecule has 3 aromatic carbocycles. The third-order valence-electron chi connectivity index (χ3n) is 3.71. The molecule has 3 rings (SSSR count). The molecule has 0 aliphatic heterocycles. The molecule has 2 N–H and O–H groups in total. The molecular weight excluding hydrogens is 340 g/mol. The Balaban J connectivity index is 1.77. The molecule has 5 nitrogen and oxygen atoms in total. The normalized spacial score (nSPS) is 10.3. The van der Waals surface area contributed by atoms with Crippen LogP contribution in [0.15, 0.2) is 60.7 Å². The topological polar surface area (TPSA) is 67.4 Å². The Kier molecular flexibility index (Phi) is 4.86. The minimum atomic E-state index is -0.468. The number of methoxy groups -OCH3 is 1. The van der Waals surface area contributed by atoms with Crippen molar-refractivity contribution in [2.45, 2.75) is 0 Å². The molecule has 0 aromatic heterocycles. The molecule has 0 radical (unpaired) electrons. The van der Waals surface area contributed by atoms with Crippen molar-refractivity contribution in [2.24, 2.45) is 0 Å². The van der Waals surface area contributed by atoms with Gasteiger partial charge in [0, 0.05) is 10.6 Å². The number of halogens is 1. The number of hydrogen-bond acceptors (Lipinski definition) is 3. The van der Waals surface area contributed by atoms with Crippen LogP contribution < -0.4 is 15.6 Å². The summed E-state index contributed by atoms with van der Waals surface area (Å²) in [4.78, 5) is 24.5. The van der Waals surface area contributed by atoms with Crippen LogP contribution in [0.3, 0.4) is 0 Å². The van der Waals surface area contributed by atoms with Crippen molar-refractivity contribution in [3.8, 4) is 5.75 Å². The van der Waals surface area contributed by atoms with E-state index in [0.29, 0.717) is 21.9 Å². The predicted octanol–water partition coefficient (Wildman–Crippen LogP) is 3.58. The molecule has 0 spiro atoms. The monoisotopic (exact) mass is 354 g/mol. The maximum absolute atomic E-state index is 12.4. The van der Waals surface area contributed by atoms with E-state index in [1.54, 1.807) is 36.4 Å². The number of rotatable bonds is 3. The lowest BCUT2D eigenvalue weighted by atomic mass is 10.1. The van der Waals surface area contributed by atoms with E-state index in [-0.39, 0.29) is 0 Å². The molecule has 0 aliphatic carbocycles. The molecule has 0 bridgehead atoms. The summed E-state index contributed by atoms with van der Waals surface area (Å²) in [6, 6.07) is 17.5. The number of ether oxygens (including phenoxy) is 1. The Morgan fingerprint density at radius 2 is 1.48 bits per heavy atom. The van der Waals surface area contributed by atoms with E-state index in [9.17, 15) is 9.59 Å². The van der Waals surface area contributed by atoms with E-state index >= 15 is 0 Å². The molecule has 0 fully saturated rings. The third-order valence-corrected chi connectivity index (χ3v) is 3.96. The fraction of sp³-hybridized carbons (Fsp3) is 0.0526. The summed E-state index contributed by atoms with van der Waals surface area (Å²) in [5.74, 6) is -0.480. The second kappa shape index (κ2) is 7.23. The quantitative estimate of drug-likeness (QED) is 0.706. The molecule has 126 valence electrons. The van der Waals surface area contributed by atoms with Gasteiger partial charge in [0.1, 0.15) is 5.75 Å². The van der Waals surface area contributed by atoms with Crippen molar-refractivity contribution < 1.29 is 14.3 Å². The van der Waals surface area contributed by atoms with E-state index in [2.05, 4.69) is 10.9 Å². The van der Waals surface area contributed by atoms with Gasteiger partial charge < -0.3 is 4.74 Å². The summed E-state index contributed by atoms with van der Waals surface area (Å²) in [7, 11) is 1.49. The van der Waals surface area contributed by atoms with Gasteiger partial charge >= 0.3 is 0 Å². The first-order valence-electron chi connectivity index (χ1n) is 7.51. The Morgan fingerprint density at radius 1 is 0.880 bits per heavy atom. The average molecular weight is 355 g/mol. The van der Waals surface area contributed by atoms with E-state index in [0.717, 1.165) is 10.8 Å². The molecular formula is C19H15ClN2O3. The Morgan fingerprint density at radius 3 is 2.12 bits per heavy atom. The minimum Gasteiger partial charge on any atom is -0.496 e. The summed E-state index contributed by atoms with van der Waals surface area (Å²) in [5.41, 5.74) is 5.49. The van der Waals surface area contributed by atoms with Crippen LogP contribution in [-0.4, -0.2) is 18.9 Å². The molecule has 0 unspecified atom stereocenters. The first-order valence-corrected chi connectivity index (χ1v) is 7.89. The van der Waals surface area contributed by atoms with E-state index in [1.807, 2.05) is 24.3 Å². The number of benzene rings is 3. The van der Waals surface area contributed by atoms with Gasteiger partial charge in [-0.25, -0.2) is 0 Å². The highest BCUT2D eigenvalue weighted by Crippen LogP contribution is 2.25. The van der Waals surface area contributed by atoms with Crippen LogP contribution in [0.25, 0.3) is 10.8 Å². The molecule has 6 heteroatoms. The third kappa shape index (κ3) is 3.72. The van der Waals surface area contributed by atoms with Gasteiger partial charge in [0.15, 0.2) is 0 Å². The van der Waals surface area contributed by atoms with Crippen LogP contribution in [0.2, 0.25) is 5.02 Å². The summed E-state index contributed by atoms with van der Waals surface area (Å²) in [5, 5.41) is 2.39. The first kappa shape index (κ1) is 16.8. The van der Waals surface area contributed by atoms with Crippen LogP contribution >= 0.6 is 11.6 Å². The summed E-state index contributed by atoms with van der Waals surface area (Å²) >= 11 is 5.79. The molecule has 0 aliphatic rings. The van der Waals surface area contributed by atoms with Crippen molar-refractivity contribution in [1.82, 2.24) is 10.9 Å². The van der Waals surface area contributed by atoms with Crippen LogP contribution in [0.5, 0.6) is 5.75 Å². The largest absolute Gasteiger partial charge is 0.496 e. The molecule has 2 amide bonds. The van der Waals surface area contributed by atoms with E-state index in [4.69, 9.17) is 16.3 Å². The average Bonchev–Trinajstić information content (AvgIpc) is 2.65. The Bertz CT molecular complexity index is 939. The lowest BCUT2D eigenvalue weighted by Gasteiger charge is -2.12. The van der Waals surface area contributed by atoms with Gasteiger partial charge in [-0.15, -0.1) is 0 Å². The van der Waals surface area contributed by atoms with Crippen molar-refractivity contribution in [2.75, 3.05) is 7.11 Å².